The molecule has 0 spiro atoms. The van der Waals surface area contributed by atoms with Crippen molar-refractivity contribution in [3.8, 4) is 10.6 Å². The van der Waals surface area contributed by atoms with Gasteiger partial charge in [0.2, 0.25) is 0 Å². The SMILES string of the molecule is Cc1cc(C)cc(P(C[C@@H]2CCCc3sc(-c4ccccc4)nc32)c2cc(C)cc(C)c2)c1. The summed E-state index contributed by atoms with van der Waals surface area (Å²) < 4.78 is 0. The minimum absolute atomic E-state index is 0.443. The highest BCUT2D eigenvalue weighted by Gasteiger charge is 2.29. The summed E-state index contributed by atoms with van der Waals surface area (Å²) in [5.41, 5.74) is 8.10. The molecule has 4 aromatic rings. The summed E-state index contributed by atoms with van der Waals surface area (Å²) in [4.78, 5) is 6.76. The van der Waals surface area contributed by atoms with Crippen molar-refractivity contribution < 1.29 is 0 Å². The summed E-state index contributed by atoms with van der Waals surface area (Å²) in [6.07, 6.45) is 4.89. The fraction of sp³-hybridized carbons (Fsp3) is 0.300. The van der Waals surface area contributed by atoms with E-state index in [1.165, 1.54) is 79.4 Å². The van der Waals surface area contributed by atoms with Gasteiger partial charge in [-0.3, -0.25) is 0 Å². The molecule has 0 radical (unpaired) electrons. The first kappa shape index (κ1) is 22.5. The summed E-state index contributed by atoms with van der Waals surface area (Å²) in [5.74, 6) is 0.537. The Kier molecular flexibility index (Phi) is 6.50. The first-order valence-corrected chi connectivity index (χ1v) is 14.3. The molecule has 0 bridgehead atoms. The molecule has 1 nitrogen and oxygen atoms in total. The lowest BCUT2D eigenvalue weighted by molar-refractivity contribution is 0.589. The van der Waals surface area contributed by atoms with Crippen LogP contribution in [0.5, 0.6) is 0 Å². The van der Waals surface area contributed by atoms with Crippen molar-refractivity contribution in [2.24, 2.45) is 0 Å². The predicted octanol–water partition coefficient (Wildman–Crippen LogP) is 7.60. The molecular weight excluding hydrogens is 437 g/mol. The molecule has 0 aliphatic heterocycles. The van der Waals surface area contributed by atoms with Crippen molar-refractivity contribution in [1.82, 2.24) is 4.98 Å². The van der Waals surface area contributed by atoms with E-state index in [-0.39, 0.29) is 0 Å². The van der Waals surface area contributed by atoms with E-state index in [1.54, 1.807) is 0 Å². The van der Waals surface area contributed by atoms with Crippen molar-refractivity contribution in [2.45, 2.75) is 52.9 Å². The third kappa shape index (κ3) is 4.98. The molecule has 0 amide bonds. The third-order valence-electron chi connectivity index (χ3n) is 6.53. The molecule has 1 aliphatic carbocycles. The number of hydrogen-bond acceptors (Lipinski definition) is 2. The van der Waals surface area contributed by atoms with Gasteiger partial charge in [0.15, 0.2) is 0 Å². The van der Waals surface area contributed by atoms with Crippen LogP contribution in [0.25, 0.3) is 10.6 Å². The second kappa shape index (κ2) is 9.53. The zero-order chi connectivity index (χ0) is 22.9. The maximum atomic E-state index is 5.24. The molecule has 1 atom stereocenters. The van der Waals surface area contributed by atoms with Gasteiger partial charge in [-0.25, -0.2) is 4.98 Å². The zero-order valence-corrected chi connectivity index (χ0v) is 21.8. The second-order valence-corrected chi connectivity index (χ2v) is 12.9. The summed E-state index contributed by atoms with van der Waals surface area (Å²) >= 11 is 1.92. The van der Waals surface area contributed by atoms with Crippen LogP contribution in [-0.4, -0.2) is 11.1 Å². The Labute approximate surface area is 203 Å². The van der Waals surface area contributed by atoms with E-state index in [4.69, 9.17) is 4.98 Å². The van der Waals surface area contributed by atoms with Crippen molar-refractivity contribution >= 4 is 29.9 Å². The molecule has 0 saturated heterocycles. The van der Waals surface area contributed by atoms with E-state index >= 15 is 0 Å². The number of benzene rings is 3. The Morgan fingerprint density at radius 3 is 1.97 bits per heavy atom. The van der Waals surface area contributed by atoms with Gasteiger partial charge in [-0.2, -0.15) is 0 Å². The molecule has 5 rings (SSSR count). The van der Waals surface area contributed by atoms with Crippen LogP contribution in [0.2, 0.25) is 0 Å². The van der Waals surface area contributed by atoms with Gasteiger partial charge in [-0.1, -0.05) is 89.0 Å². The zero-order valence-electron chi connectivity index (χ0n) is 20.1. The number of rotatable bonds is 5. The maximum absolute atomic E-state index is 5.24. The largest absolute Gasteiger partial charge is 0.241 e. The third-order valence-corrected chi connectivity index (χ3v) is 10.3. The lowest BCUT2D eigenvalue weighted by Crippen LogP contribution is -2.21. The Balaban J connectivity index is 1.55. The number of nitrogens with zero attached hydrogens (tertiary/aromatic N) is 1. The summed E-state index contributed by atoms with van der Waals surface area (Å²) in [5, 5.41) is 4.21. The van der Waals surface area contributed by atoms with E-state index < -0.39 is 7.92 Å². The second-order valence-electron chi connectivity index (χ2n) is 9.59. The van der Waals surface area contributed by atoms with Crippen LogP contribution in [0, 0.1) is 27.7 Å². The number of hydrogen-bond donors (Lipinski definition) is 0. The molecular formula is C30H32NPS. The van der Waals surface area contributed by atoms with Gasteiger partial charge in [0.25, 0.3) is 0 Å². The fourth-order valence-electron chi connectivity index (χ4n) is 5.18. The molecule has 1 aromatic heterocycles. The molecule has 168 valence electrons. The van der Waals surface area contributed by atoms with Crippen LogP contribution in [0.4, 0.5) is 0 Å². The number of aryl methyl sites for hydroxylation is 5. The molecule has 0 N–H and O–H groups in total. The van der Waals surface area contributed by atoms with Crippen LogP contribution >= 0.6 is 19.3 Å². The van der Waals surface area contributed by atoms with Crippen LogP contribution < -0.4 is 10.6 Å². The lowest BCUT2D eigenvalue weighted by atomic mass is 9.92. The van der Waals surface area contributed by atoms with Gasteiger partial charge in [0, 0.05) is 16.4 Å². The Bertz CT molecular complexity index is 1180. The first-order chi connectivity index (χ1) is 16.0. The van der Waals surface area contributed by atoms with Gasteiger partial charge in [-0.05, 0) is 71.6 Å². The average molecular weight is 470 g/mol. The standard InChI is InChI=1S/C30H32NPS/c1-20-13-21(2)16-26(15-20)32(27-17-22(3)14-23(4)18-27)19-25-11-8-12-28-29(25)31-30(33-28)24-9-6-5-7-10-24/h5-7,9-10,13-18,25H,8,11-12,19H2,1-4H3/t25-/m0/s1. The van der Waals surface area contributed by atoms with E-state index in [9.17, 15) is 0 Å². The van der Waals surface area contributed by atoms with Crippen LogP contribution in [0.3, 0.4) is 0 Å². The highest BCUT2D eigenvalue weighted by Crippen LogP contribution is 2.46. The predicted molar refractivity (Wildman–Crippen MR) is 146 cm³/mol. The highest BCUT2D eigenvalue weighted by atomic mass is 32.1. The smallest absolute Gasteiger partial charge is 0.123 e. The number of aromatic nitrogens is 1. The topological polar surface area (TPSA) is 12.9 Å². The van der Waals surface area contributed by atoms with Crippen molar-refractivity contribution in [2.75, 3.05) is 6.16 Å². The van der Waals surface area contributed by atoms with Gasteiger partial charge in [0.05, 0.1) is 5.69 Å². The first-order valence-electron chi connectivity index (χ1n) is 12.0. The monoisotopic (exact) mass is 469 g/mol. The molecule has 1 heterocycles. The minimum atomic E-state index is -0.443. The van der Waals surface area contributed by atoms with Crippen LogP contribution in [0.1, 0.15) is 51.6 Å². The van der Waals surface area contributed by atoms with Crippen molar-refractivity contribution in [3.63, 3.8) is 0 Å². The minimum Gasteiger partial charge on any atom is -0.241 e. The van der Waals surface area contributed by atoms with E-state index in [0.717, 1.165) is 0 Å². The maximum Gasteiger partial charge on any atom is 0.123 e. The summed E-state index contributed by atoms with van der Waals surface area (Å²) in [7, 11) is -0.443. The highest BCUT2D eigenvalue weighted by molar-refractivity contribution is 7.73. The molecule has 0 unspecified atom stereocenters. The number of fused-ring (bicyclic) bond motifs is 1. The Morgan fingerprint density at radius 2 is 1.39 bits per heavy atom. The van der Waals surface area contributed by atoms with Crippen molar-refractivity contribution in [3.05, 3.63) is 99.6 Å². The van der Waals surface area contributed by atoms with Gasteiger partial charge in [-0.15, -0.1) is 11.3 Å². The normalized spacial score (nSPS) is 15.6. The lowest BCUT2D eigenvalue weighted by Gasteiger charge is -2.28. The van der Waals surface area contributed by atoms with E-state index in [1.807, 2.05) is 11.3 Å². The molecule has 33 heavy (non-hydrogen) atoms. The molecule has 3 heteroatoms. The van der Waals surface area contributed by atoms with E-state index in [2.05, 4.69) is 94.4 Å². The van der Waals surface area contributed by atoms with Gasteiger partial charge in [0.1, 0.15) is 5.01 Å². The molecule has 0 fully saturated rings. The Morgan fingerprint density at radius 1 is 0.818 bits per heavy atom. The summed E-state index contributed by atoms with van der Waals surface area (Å²) in [6, 6.07) is 25.0. The van der Waals surface area contributed by atoms with Gasteiger partial charge < -0.3 is 0 Å². The number of thiazole rings is 1. The van der Waals surface area contributed by atoms with Gasteiger partial charge >= 0.3 is 0 Å². The van der Waals surface area contributed by atoms with Crippen LogP contribution in [-0.2, 0) is 6.42 Å². The molecule has 0 saturated carbocycles. The average Bonchev–Trinajstić information content (AvgIpc) is 3.22. The Hall–Kier alpha value is -2.28. The van der Waals surface area contributed by atoms with Crippen LogP contribution in [0.15, 0.2) is 66.7 Å². The summed E-state index contributed by atoms with van der Waals surface area (Å²) in [6.45, 7) is 8.93. The van der Waals surface area contributed by atoms with Crippen molar-refractivity contribution in [1.29, 1.82) is 0 Å². The molecule has 3 aromatic carbocycles. The molecule has 1 aliphatic rings. The quantitative estimate of drug-likeness (QED) is 0.274. The van der Waals surface area contributed by atoms with E-state index in [0.29, 0.717) is 5.92 Å². The fourth-order valence-corrected chi connectivity index (χ4v) is 9.33.